The fourth-order valence-electron chi connectivity index (χ4n) is 2.69. The summed E-state index contributed by atoms with van der Waals surface area (Å²) < 4.78 is 6.81. The molecule has 1 unspecified atom stereocenters. The maximum Gasteiger partial charge on any atom is 0.305 e. The van der Waals surface area contributed by atoms with Crippen LogP contribution in [-0.4, -0.2) is 45.5 Å². The van der Waals surface area contributed by atoms with Gasteiger partial charge in [-0.2, -0.15) is 5.10 Å². The topological polar surface area (TPSA) is 93.5 Å². The van der Waals surface area contributed by atoms with Gasteiger partial charge in [-0.1, -0.05) is 17.7 Å². The molecular formula is C16H16ClN3O4. The fourth-order valence-corrected chi connectivity index (χ4v) is 2.88. The Morgan fingerprint density at radius 2 is 2.29 bits per heavy atom. The molecular weight excluding hydrogens is 334 g/mol. The largest absolute Gasteiger partial charge is 0.481 e. The molecule has 0 bridgehead atoms. The highest BCUT2D eigenvalue weighted by Crippen LogP contribution is 2.23. The Labute approximate surface area is 143 Å². The highest BCUT2D eigenvalue weighted by atomic mass is 35.5. The van der Waals surface area contributed by atoms with Crippen molar-refractivity contribution in [3.05, 3.63) is 47.2 Å². The van der Waals surface area contributed by atoms with Crippen LogP contribution in [0.15, 0.2) is 36.7 Å². The van der Waals surface area contributed by atoms with Gasteiger partial charge in [0.05, 0.1) is 36.0 Å². The molecule has 1 aliphatic rings. The fraction of sp³-hybridized carbons (Fsp3) is 0.312. The van der Waals surface area contributed by atoms with Crippen LogP contribution >= 0.6 is 11.6 Å². The van der Waals surface area contributed by atoms with E-state index in [9.17, 15) is 9.59 Å². The summed E-state index contributed by atoms with van der Waals surface area (Å²) in [6.07, 6.45) is 3.29. The molecule has 1 atom stereocenters. The van der Waals surface area contributed by atoms with Crippen LogP contribution in [0.25, 0.3) is 5.69 Å². The minimum Gasteiger partial charge on any atom is -0.481 e. The number of benzene rings is 1. The van der Waals surface area contributed by atoms with Crippen LogP contribution in [0.1, 0.15) is 23.2 Å². The van der Waals surface area contributed by atoms with Crippen molar-refractivity contribution in [2.45, 2.75) is 18.4 Å². The molecule has 2 aromatic rings. The molecule has 1 amide bonds. The highest BCUT2D eigenvalue weighted by molar-refractivity contribution is 6.30. The van der Waals surface area contributed by atoms with Crippen molar-refractivity contribution in [1.82, 2.24) is 15.1 Å². The standard InChI is InChI=1S/C16H16ClN3O4/c17-12-2-1-3-13(6-12)20-9-11(8-18-20)15(23)19-16(7-14(21)22)4-5-24-10-16/h1-3,6,8-9H,4-5,7,10H2,(H,19,23)(H,21,22). The molecule has 0 spiro atoms. The Balaban J connectivity index is 1.77. The number of carbonyl (C=O) groups is 2. The van der Waals surface area contributed by atoms with Crippen molar-refractivity contribution in [3.8, 4) is 5.69 Å². The Kier molecular flexibility index (Phi) is 4.55. The summed E-state index contributed by atoms with van der Waals surface area (Å²) in [4.78, 5) is 23.5. The number of rotatable bonds is 5. The summed E-state index contributed by atoms with van der Waals surface area (Å²) >= 11 is 5.95. The summed E-state index contributed by atoms with van der Waals surface area (Å²) in [5.74, 6) is -1.36. The second-order valence-corrected chi connectivity index (χ2v) is 6.20. The van der Waals surface area contributed by atoms with Gasteiger partial charge < -0.3 is 15.2 Å². The average molecular weight is 350 g/mol. The number of carboxylic acid groups (broad SMARTS) is 1. The van der Waals surface area contributed by atoms with Gasteiger partial charge in [0.2, 0.25) is 0 Å². The number of aromatic nitrogens is 2. The van der Waals surface area contributed by atoms with Gasteiger partial charge in [0.25, 0.3) is 5.91 Å². The van der Waals surface area contributed by atoms with Gasteiger partial charge in [-0.15, -0.1) is 0 Å². The van der Waals surface area contributed by atoms with Crippen LogP contribution in [0, 0.1) is 0 Å². The monoisotopic (exact) mass is 349 g/mol. The van der Waals surface area contributed by atoms with Crippen molar-refractivity contribution in [2.24, 2.45) is 0 Å². The number of carbonyl (C=O) groups excluding carboxylic acids is 1. The number of hydrogen-bond acceptors (Lipinski definition) is 4. The van der Waals surface area contributed by atoms with Gasteiger partial charge in [0.15, 0.2) is 0 Å². The molecule has 2 N–H and O–H groups in total. The molecule has 24 heavy (non-hydrogen) atoms. The Bertz CT molecular complexity index is 768. The molecule has 1 aromatic heterocycles. The molecule has 1 fully saturated rings. The summed E-state index contributed by atoms with van der Waals surface area (Å²) in [6.45, 7) is 0.614. The molecule has 1 aliphatic heterocycles. The van der Waals surface area contributed by atoms with Crippen molar-refractivity contribution < 1.29 is 19.4 Å². The summed E-state index contributed by atoms with van der Waals surface area (Å²) in [7, 11) is 0. The molecule has 3 rings (SSSR count). The first-order valence-corrected chi connectivity index (χ1v) is 7.78. The van der Waals surface area contributed by atoms with E-state index in [4.69, 9.17) is 21.4 Å². The first-order valence-electron chi connectivity index (χ1n) is 7.40. The maximum absolute atomic E-state index is 12.5. The normalized spacial score (nSPS) is 20.0. The minimum atomic E-state index is -0.976. The summed E-state index contributed by atoms with van der Waals surface area (Å²) in [5.41, 5.74) is 0.193. The molecule has 1 saturated heterocycles. The Morgan fingerprint density at radius 3 is 2.96 bits per heavy atom. The first kappa shape index (κ1) is 16.5. The van der Waals surface area contributed by atoms with Gasteiger partial charge in [-0.3, -0.25) is 9.59 Å². The lowest BCUT2D eigenvalue weighted by atomic mass is 9.94. The quantitative estimate of drug-likeness (QED) is 0.859. The number of carboxylic acids is 1. The number of ether oxygens (including phenoxy) is 1. The van der Waals surface area contributed by atoms with E-state index in [2.05, 4.69) is 10.4 Å². The number of amides is 1. The lowest BCUT2D eigenvalue weighted by Crippen LogP contribution is -2.50. The van der Waals surface area contributed by atoms with E-state index in [0.29, 0.717) is 23.6 Å². The SMILES string of the molecule is O=C(O)CC1(NC(=O)c2cnn(-c3cccc(Cl)c3)c2)CCOC1. The van der Waals surface area contributed by atoms with Crippen LogP contribution in [0.5, 0.6) is 0 Å². The minimum absolute atomic E-state index is 0.179. The van der Waals surface area contributed by atoms with Crippen LogP contribution in [0.2, 0.25) is 5.02 Å². The molecule has 8 heteroatoms. The molecule has 0 radical (unpaired) electrons. The summed E-state index contributed by atoms with van der Waals surface area (Å²) in [6, 6.07) is 7.08. The number of aliphatic carboxylic acids is 1. The van der Waals surface area contributed by atoms with Crippen LogP contribution in [-0.2, 0) is 9.53 Å². The van der Waals surface area contributed by atoms with Crippen molar-refractivity contribution in [2.75, 3.05) is 13.2 Å². The third-order valence-electron chi connectivity index (χ3n) is 3.89. The zero-order valence-corrected chi connectivity index (χ0v) is 13.5. The lowest BCUT2D eigenvalue weighted by Gasteiger charge is -2.26. The molecule has 0 aliphatic carbocycles. The smallest absolute Gasteiger partial charge is 0.305 e. The maximum atomic E-state index is 12.5. The van der Waals surface area contributed by atoms with E-state index < -0.39 is 11.5 Å². The molecule has 126 valence electrons. The second kappa shape index (κ2) is 6.62. The lowest BCUT2D eigenvalue weighted by molar-refractivity contribution is -0.138. The van der Waals surface area contributed by atoms with E-state index in [1.165, 1.54) is 10.9 Å². The first-order chi connectivity index (χ1) is 11.5. The predicted octanol–water partition coefficient (Wildman–Crippen LogP) is 1.89. The highest BCUT2D eigenvalue weighted by Gasteiger charge is 2.39. The number of nitrogens with zero attached hydrogens (tertiary/aromatic N) is 2. The zero-order valence-electron chi connectivity index (χ0n) is 12.7. The van der Waals surface area contributed by atoms with Crippen LogP contribution in [0.3, 0.4) is 0 Å². The van der Waals surface area contributed by atoms with Crippen molar-refractivity contribution in [3.63, 3.8) is 0 Å². The van der Waals surface area contributed by atoms with Crippen molar-refractivity contribution >= 4 is 23.5 Å². The van der Waals surface area contributed by atoms with Gasteiger partial charge in [-0.25, -0.2) is 4.68 Å². The Morgan fingerprint density at radius 1 is 1.46 bits per heavy atom. The van der Waals surface area contributed by atoms with Gasteiger partial charge in [0, 0.05) is 17.8 Å². The van der Waals surface area contributed by atoms with Gasteiger partial charge in [-0.05, 0) is 24.6 Å². The molecule has 0 saturated carbocycles. The van der Waals surface area contributed by atoms with E-state index in [1.54, 1.807) is 24.4 Å². The van der Waals surface area contributed by atoms with Gasteiger partial charge in [0.1, 0.15) is 0 Å². The van der Waals surface area contributed by atoms with Crippen LogP contribution in [0.4, 0.5) is 0 Å². The van der Waals surface area contributed by atoms with Gasteiger partial charge >= 0.3 is 5.97 Å². The van der Waals surface area contributed by atoms with E-state index in [1.807, 2.05) is 6.07 Å². The van der Waals surface area contributed by atoms with E-state index >= 15 is 0 Å². The third-order valence-corrected chi connectivity index (χ3v) is 4.12. The van der Waals surface area contributed by atoms with Crippen molar-refractivity contribution in [1.29, 1.82) is 0 Å². The summed E-state index contributed by atoms with van der Waals surface area (Å²) in [5, 5.41) is 16.6. The number of hydrogen-bond donors (Lipinski definition) is 2. The zero-order chi connectivity index (χ0) is 17.2. The average Bonchev–Trinajstić information content (AvgIpc) is 3.16. The Hall–Kier alpha value is -2.38. The van der Waals surface area contributed by atoms with Crippen LogP contribution < -0.4 is 5.32 Å². The number of halogens is 1. The van der Waals surface area contributed by atoms with E-state index in [-0.39, 0.29) is 18.9 Å². The van der Waals surface area contributed by atoms with E-state index in [0.717, 1.165) is 5.69 Å². The number of nitrogens with one attached hydrogen (secondary N) is 1. The molecule has 7 nitrogen and oxygen atoms in total. The second-order valence-electron chi connectivity index (χ2n) is 5.76. The predicted molar refractivity (Wildman–Crippen MR) is 86.5 cm³/mol. The molecule has 1 aromatic carbocycles. The third kappa shape index (κ3) is 3.58. The molecule has 2 heterocycles.